The molecule has 2 aromatic carbocycles. The van der Waals surface area contributed by atoms with Crippen molar-refractivity contribution < 1.29 is 4.74 Å². The summed E-state index contributed by atoms with van der Waals surface area (Å²) < 4.78 is 5.15. The lowest BCUT2D eigenvalue weighted by Crippen LogP contribution is -1.95. The summed E-state index contributed by atoms with van der Waals surface area (Å²) in [6, 6.07) is 15.5. The topological polar surface area (TPSA) is 60.2 Å². The summed E-state index contributed by atoms with van der Waals surface area (Å²) in [6.07, 6.45) is 1.78. The quantitative estimate of drug-likeness (QED) is 0.711. The molecule has 1 heterocycles. The van der Waals surface area contributed by atoms with E-state index in [1.807, 2.05) is 48.5 Å². The standard InChI is InChI=1S/C16H15N3O/c1-20-14-6-4-13(5-7-14)19-16-15-10-12(17)3-2-11(15)8-9-18-16/h2-10H,17H2,1H3,(H,18,19). The highest BCUT2D eigenvalue weighted by Crippen LogP contribution is 2.26. The highest BCUT2D eigenvalue weighted by atomic mass is 16.5. The van der Waals surface area contributed by atoms with Gasteiger partial charge in [0.15, 0.2) is 0 Å². The number of hydrogen-bond donors (Lipinski definition) is 2. The molecule has 0 atom stereocenters. The Morgan fingerprint density at radius 2 is 1.85 bits per heavy atom. The number of nitrogens with one attached hydrogen (secondary N) is 1. The van der Waals surface area contributed by atoms with E-state index in [4.69, 9.17) is 10.5 Å². The summed E-state index contributed by atoms with van der Waals surface area (Å²) in [6.45, 7) is 0. The molecule has 100 valence electrons. The molecule has 3 N–H and O–H groups in total. The maximum atomic E-state index is 5.85. The van der Waals surface area contributed by atoms with Gasteiger partial charge in [0.05, 0.1) is 7.11 Å². The second-order valence-electron chi connectivity index (χ2n) is 4.49. The monoisotopic (exact) mass is 265 g/mol. The Balaban J connectivity index is 1.99. The first kappa shape index (κ1) is 12.3. The first-order chi connectivity index (χ1) is 9.76. The van der Waals surface area contributed by atoms with E-state index in [2.05, 4.69) is 10.3 Å². The van der Waals surface area contributed by atoms with E-state index >= 15 is 0 Å². The summed E-state index contributed by atoms with van der Waals surface area (Å²) >= 11 is 0. The summed E-state index contributed by atoms with van der Waals surface area (Å²) in [5.41, 5.74) is 7.53. The molecule has 0 aliphatic rings. The molecule has 20 heavy (non-hydrogen) atoms. The number of anilines is 3. The first-order valence-corrected chi connectivity index (χ1v) is 6.31. The Bertz CT molecular complexity index is 738. The van der Waals surface area contributed by atoms with Gasteiger partial charge >= 0.3 is 0 Å². The van der Waals surface area contributed by atoms with Gasteiger partial charge in [0, 0.05) is 23.0 Å². The molecule has 0 aliphatic carbocycles. The van der Waals surface area contributed by atoms with Gasteiger partial charge in [-0.15, -0.1) is 0 Å². The molecule has 3 aromatic rings. The lowest BCUT2D eigenvalue weighted by molar-refractivity contribution is 0.415. The lowest BCUT2D eigenvalue weighted by Gasteiger charge is -2.10. The number of fused-ring (bicyclic) bond motifs is 1. The van der Waals surface area contributed by atoms with Gasteiger partial charge in [-0.05, 0) is 47.9 Å². The van der Waals surface area contributed by atoms with E-state index in [0.717, 1.165) is 33.7 Å². The fraction of sp³-hybridized carbons (Fsp3) is 0.0625. The van der Waals surface area contributed by atoms with Crippen molar-refractivity contribution in [1.82, 2.24) is 4.98 Å². The number of nitrogens with two attached hydrogens (primary N) is 1. The average molecular weight is 265 g/mol. The van der Waals surface area contributed by atoms with Gasteiger partial charge in [-0.3, -0.25) is 0 Å². The maximum Gasteiger partial charge on any atom is 0.138 e. The van der Waals surface area contributed by atoms with Crippen LogP contribution < -0.4 is 15.8 Å². The normalized spacial score (nSPS) is 10.4. The van der Waals surface area contributed by atoms with Crippen LogP contribution in [0.4, 0.5) is 17.2 Å². The Morgan fingerprint density at radius 1 is 1.05 bits per heavy atom. The van der Waals surface area contributed by atoms with Crippen LogP contribution in [0.25, 0.3) is 10.8 Å². The number of rotatable bonds is 3. The lowest BCUT2D eigenvalue weighted by atomic mass is 10.1. The highest BCUT2D eigenvalue weighted by Gasteiger charge is 2.03. The number of nitrogen functional groups attached to an aromatic ring is 1. The van der Waals surface area contributed by atoms with Crippen LogP contribution in [0.5, 0.6) is 5.75 Å². The zero-order valence-corrected chi connectivity index (χ0v) is 11.1. The molecule has 0 bridgehead atoms. The molecule has 0 spiro atoms. The Hall–Kier alpha value is -2.75. The van der Waals surface area contributed by atoms with E-state index in [1.165, 1.54) is 0 Å². The molecule has 0 saturated carbocycles. The first-order valence-electron chi connectivity index (χ1n) is 6.31. The Morgan fingerprint density at radius 3 is 2.60 bits per heavy atom. The Labute approximate surface area is 117 Å². The van der Waals surface area contributed by atoms with Crippen LogP contribution in [-0.2, 0) is 0 Å². The van der Waals surface area contributed by atoms with Crippen molar-refractivity contribution in [3.05, 3.63) is 54.7 Å². The van der Waals surface area contributed by atoms with Gasteiger partial charge in [-0.2, -0.15) is 0 Å². The molecule has 0 aliphatic heterocycles. The van der Waals surface area contributed by atoms with Crippen LogP contribution in [0.1, 0.15) is 0 Å². The van der Waals surface area contributed by atoms with E-state index in [-0.39, 0.29) is 0 Å². The minimum atomic E-state index is 0.725. The summed E-state index contributed by atoms with van der Waals surface area (Å²) in [5.74, 6) is 1.62. The average Bonchev–Trinajstić information content (AvgIpc) is 2.49. The van der Waals surface area contributed by atoms with Crippen molar-refractivity contribution in [2.45, 2.75) is 0 Å². The number of aromatic nitrogens is 1. The third-order valence-corrected chi connectivity index (χ3v) is 3.14. The second-order valence-corrected chi connectivity index (χ2v) is 4.49. The fourth-order valence-electron chi connectivity index (χ4n) is 2.10. The van der Waals surface area contributed by atoms with Crippen LogP contribution in [-0.4, -0.2) is 12.1 Å². The SMILES string of the molecule is COc1ccc(Nc2nccc3ccc(N)cc23)cc1. The Kier molecular flexibility index (Phi) is 3.13. The zero-order chi connectivity index (χ0) is 13.9. The predicted octanol–water partition coefficient (Wildman–Crippen LogP) is 3.57. The van der Waals surface area contributed by atoms with Crippen LogP contribution in [0.3, 0.4) is 0 Å². The molecule has 0 unspecified atom stereocenters. The van der Waals surface area contributed by atoms with E-state index in [1.54, 1.807) is 13.3 Å². The van der Waals surface area contributed by atoms with Gasteiger partial charge in [0.25, 0.3) is 0 Å². The van der Waals surface area contributed by atoms with Crippen molar-refractivity contribution >= 4 is 28.0 Å². The van der Waals surface area contributed by atoms with Crippen LogP contribution in [0, 0.1) is 0 Å². The van der Waals surface area contributed by atoms with Crippen LogP contribution >= 0.6 is 0 Å². The molecular formula is C16H15N3O. The van der Waals surface area contributed by atoms with Gasteiger partial charge in [0.1, 0.15) is 11.6 Å². The van der Waals surface area contributed by atoms with Crippen LogP contribution in [0.2, 0.25) is 0 Å². The van der Waals surface area contributed by atoms with Crippen molar-refractivity contribution in [3.63, 3.8) is 0 Å². The molecule has 1 aromatic heterocycles. The van der Waals surface area contributed by atoms with E-state index in [0.29, 0.717) is 0 Å². The minimum absolute atomic E-state index is 0.725. The molecular weight excluding hydrogens is 250 g/mol. The van der Waals surface area contributed by atoms with Gasteiger partial charge < -0.3 is 15.8 Å². The smallest absolute Gasteiger partial charge is 0.138 e. The largest absolute Gasteiger partial charge is 0.497 e. The zero-order valence-electron chi connectivity index (χ0n) is 11.1. The number of hydrogen-bond acceptors (Lipinski definition) is 4. The van der Waals surface area contributed by atoms with E-state index in [9.17, 15) is 0 Å². The summed E-state index contributed by atoms with van der Waals surface area (Å²) in [7, 11) is 1.65. The second kappa shape index (κ2) is 5.09. The third-order valence-electron chi connectivity index (χ3n) is 3.14. The molecule has 3 rings (SSSR count). The molecule has 4 nitrogen and oxygen atoms in total. The predicted molar refractivity (Wildman–Crippen MR) is 82.4 cm³/mol. The van der Waals surface area contributed by atoms with Crippen LogP contribution in [0.15, 0.2) is 54.7 Å². The fourth-order valence-corrected chi connectivity index (χ4v) is 2.10. The van der Waals surface area contributed by atoms with Crippen molar-refractivity contribution in [3.8, 4) is 5.75 Å². The number of methoxy groups -OCH3 is 1. The summed E-state index contributed by atoms with van der Waals surface area (Å²) in [4.78, 5) is 4.39. The van der Waals surface area contributed by atoms with Crippen molar-refractivity contribution in [1.29, 1.82) is 0 Å². The maximum absolute atomic E-state index is 5.85. The number of benzene rings is 2. The summed E-state index contributed by atoms with van der Waals surface area (Å²) in [5, 5.41) is 5.41. The van der Waals surface area contributed by atoms with Gasteiger partial charge in [0.2, 0.25) is 0 Å². The van der Waals surface area contributed by atoms with Gasteiger partial charge in [-0.1, -0.05) is 6.07 Å². The number of ether oxygens (including phenoxy) is 1. The number of pyridine rings is 1. The number of nitrogens with zero attached hydrogens (tertiary/aromatic N) is 1. The molecule has 0 amide bonds. The van der Waals surface area contributed by atoms with E-state index < -0.39 is 0 Å². The van der Waals surface area contributed by atoms with Crippen molar-refractivity contribution in [2.24, 2.45) is 0 Å². The minimum Gasteiger partial charge on any atom is -0.497 e. The molecule has 0 radical (unpaired) electrons. The third kappa shape index (κ3) is 2.36. The van der Waals surface area contributed by atoms with Gasteiger partial charge in [-0.25, -0.2) is 4.98 Å². The molecule has 0 saturated heterocycles. The molecule has 0 fully saturated rings. The molecule has 4 heteroatoms. The van der Waals surface area contributed by atoms with Crippen molar-refractivity contribution in [2.75, 3.05) is 18.2 Å². The highest BCUT2D eigenvalue weighted by molar-refractivity contribution is 5.95.